The number of nitrogens with one attached hydrogen (secondary N) is 1. The van der Waals surface area contributed by atoms with Crippen molar-refractivity contribution in [1.29, 1.82) is 0 Å². The van der Waals surface area contributed by atoms with Crippen LogP contribution in [0.15, 0.2) is 0 Å². The summed E-state index contributed by atoms with van der Waals surface area (Å²) in [6.45, 7) is 5.50. The number of likely N-dealkylation sites (N-methyl/N-ethyl adjacent to an activating group) is 2. The van der Waals surface area contributed by atoms with Gasteiger partial charge in [0.25, 0.3) is 0 Å². The molecule has 0 aromatic rings. The van der Waals surface area contributed by atoms with Gasteiger partial charge in [-0.25, -0.2) is 0 Å². The topological polar surface area (TPSA) is 35.6 Å². The summed E-state index contributed by atoms with van der Waals surface area (Å²) in [5.41, 5.74) is 0. The van der Waals surface area contributed by atoms with Crippen LogP contribution in [0.25, 0.3) is 0 Å². The van der Waals surface area contributed by atoms with Gasteiger partial charge in [0.2, 0.25) is 5.91 Å². The van der Waals surface area contributed by atoms with Crippen LogP contribution in [0.4, 0.5) is 0 Å². The molecule has 1 saturated heterocycles. The minimum atomic E-state index is 0.231. The number of piperazine rings is 1. The molecule has 13 heavy (non-hydrogen) atoms. The highest BCUT2D eigenvalue weighted by molar-refractivity contribution is 5.78. The largest absolute Gasteiger partial charge is 0.343 e. The zero-order valence-corrected chi connectivity index (χ0v) is 8.71. The quantitative estimate of drug-likeness (QED) is 0.636. The van der Waals surface area contributed by atoms with Gasteiger partial charge in [-0.1, -0.05) is 0 Å². The third kappa shape index (κ3) is 2.67. The van der Waals surface area contributed by atoms with E-state index in [-0.39, 0.29) is 5.91 Å². The van der Waals surface area contributed by atoms with Gasteiger partial charge in [0, 0.05) is 32.7 Å². The molecule has 1 N–H and O–H groups in total. The van der Waals surface area contributed by atoms with Crippen LogP contribution in [0.1, 0.15) is 6.92 Å². The molecule has 1 aliphatic heterocycles. The fourth-order valence-corrected chi connectivity index (χ4v) is 1.58. The molecule has 1 atom stereocenters. The summed E-state index contributed by atoms with van der Waals surface area (Å²) in [6, 6.07) is 0.447. The minimum absolute atomic E-state index is 0.231. The van der Waals surface area contributed by atoms with Crippen molar-refractivity contribution in [2.24, 2.45) is 0 Å². The standard InChI is InChI=1S/C9H19N3O/c1-8(6-10-2)12-5-4-11(3)9(13)7-12/h8,10H,4-7H2,1-3H3. The minimum Gasteiger partial charge on any atom is -0.343 e. The molecule has 0 aromatic heterocycles. The van der Waals surface area contributed by atoms with Crippen LogP contribution in [-0.4, -0.2) is 62.0 Å². The number of carbonyl (C=O) groups excluding carboxylic acids is 1. The maximum atomic E-state index is 11.4. The lowest BCUT2D eigenvalue weighted by Crippen LogP contribution is -2.53. The van der Waals surface area contributed by atoms with Gasteiger partial charge in [-0.15, -0.1) is 0 Å². The number of hydrogen-bond acceptors (Lipinski definition) is 3. The molecule has 0 radical (unpaired) electrons. The Hall–Kier alpha value is -0.610. The van der Waals surface area contributed by atoms with Crippen LogP contribution in [0.5, 0.6) is 0 Å². The Morgan fingerprint density at radius 1 is 1.54 bits per heavy atom. The van der Waals surface area contributed by atoms with Gasteiger partial charge in [-0.05, 0) is 14.0 Å². The van der Waals surface area contributed by atoms with Gasteiger partial charge in [0.1, 0.15) is 0 Å². The number of nitrogens with zero attached hydrogens (tertiary/aromatic N) is 2. The predicted octanol–water partition coefficient (Wildman–Crippen LogP) is -0.632. The van der Waals surface area contributed by atoms with E-state index in [1.165, 1.54) is 0 Å². The summed E-state index contributed by atoms with van der Waals surface area (Å²) in [6.07, 6.45) is 0. The summed E-state index contributed by atoms with van der Waals surface area (Å²) in [4.78, 5) is 15.4. The molecule has 4 nitrogen and oxygen atoms in total. The maximum Gasteiger partial charge on any atom is 0.236 e. The van der Waals surface area contributed by atoms with Crippen molar-refractivity contribution in [3.8, 4) is 0 Å². The molecular formula is C9H19N3O. The maximum absolute atomic E-state index is 11.4. The van der Waals surface area contributed by atoms with Crippen molar-refractivity contribution in [1.82, 2.24) is 15.1 Å². The molecule has 1 heterocycles. The van der Waals surface area contributed by atoms with E-state index in [1.54, 1.807) is 4.90 Å². The molecule has 0 bridgehead atoms. The highest BCUT2D eigenvalue weighted by Gasteiger charge is 2.23. The van der Waals surface area contributed by atoms with Crippen LogP contribution in [-0.2, 0) is 4.79 Å². The van der Waals surface area contributed by atoms with Crippen molar-refractivity contribution in [3.63, 3.8) is 0 Å². The summed E-state index contributed by atoms with van der Waals surface area (Å²) < 4.78 is 0. The molecule has 1 amide bonds. The van der Waals surface area contributed by atoms with Gasteiger partial charge < -0.3 is 10.2 Å². The lowest BCUT2D eigenvalue weighted by atomic mass is 10.2. The van der Waals surface area contributed by atoms with E-state index in [0.29, 0.717) is 12.6 Å². The Balaban J connectivity index is 2.40. The molecular weight excluding hydrogens is 166 g/mol. The van der Waals surface area contributed by atoms with E-state index >= 15 is 0 Å². The average molecular weight is 185 g/mol. The van der Waals surface area contributed by atoms with E-state index in [9.17, 15) is 4.79 Å². The Morgan fingerprint density at radius 3 is 2.77 bits per heavy atom. The summed E-state index contributed by atoms with van der Waals surface area (Å²) in [5.74, 6) is 0.231. The average Bonchev–Trinajstić information content (AvgIpc) is 2.10. The molecule has 4 heteroatoms. The van der Waals surface area contributed by atoms with Crippen molar-refractivity contribution < 1.29 is 4.79 Å². The van der Waals surface area contributed by atoms with Crippen molar-refractivity contribution in [2.75, 3.05) is 40.3 Å². The van der Waals surface area contributed by atoms with Crippen LogP contribution in [0.3, 0.4) is 0 Å². The van der Waals surface area contributed by atoms with Crippen LogP contribution in [0, 0.1) is 0 Å². The first-order valence-electron chi connectivity index (χ1n) is 4.77. The molecule has 0 spiro atoms. The normalized spacial score (nSPS) is 22.1. The summed E-state index contributed by atoms with van der Waals surface area (Å²) in [7, 11) is 3.80. The van der Waals surface area contributed by atoms with Gasteiger partial charge in [-0.2, -0.15) is 0 Å². The highest BCUT2D eigenvalue weighted by Crippen LogP contribution is 2.04. The molecule has 1 rings (SSSR count). The second kappa shape index (κ2) is 4.58. The Kier molecular flexibility index (Phi) is 3.69. The Labute approximate surface area is 79.9 Å². The Bertz CT molecular complexity index is 184. The van der Waals surface area contributed by atoms with E-state index < -0.39 is 0 Å². The number of hydrogen-bond donors (Lipinski definition) is 1. The smallest absolute Gasteiger partial charge is 0.236 e. The van der Waals surface area contributed by atoms with Crippen LogP contribution < -0.4 is 5.32 Å². The molecule has 0 saturated carbocycles. The Morgan fingerprint density at radius 2 is 2.23 bits per heavy atom. The lowest BCUT2D eigenvalue weighted by Gasteiger charge is -2.35. The second-order valence-corrected chi connectivity index (χ2v) is 3.69. The first kappa shape index (κ1) is 10.5. The predicted molar refractivity (Wildman–Crippen MR) is 52.6 cm³/mol. The van der Waals surface area contributed by atoms with E-state index in [4.69, 9.17) is 0 Å². The molecule has 1 aliphatic rings. The van der Waals surface area contributed by atoms with Crippen LogP contribution in [0.2, 0.25) is 0 Å². The molecule has 1 unspecified atom stereocenters. The highest BCUT2D eigenvalue weighted by atomic mass is 16.2. The van der Waals surface area contributed by atoms with Crippen LogP contribution >= 0.6 is 0 Å². The van der Waals surface area contributed by atoms with Crippen molar-refractivity contribution >= 4 is 5.91 Å². The third-order valence-electron chi connectivity index (χ3n) is 2.61. The van der Waals surface area contributed by atoms with E-state index in [0.717, 1.165) is 19.6 Å². The third-order valence-corrected chi connectivity index (χ3v) is 2.61. The number of rotatable bonds is 3. The van der Waals surface area contributed by atoms with Gasteiger partial charge in [0.05, 0.1) is 6.54 Å². The van der Waals surface area contributed by atoms with Crippen molar-refractivity contribution in [2.45, 2.75) is 13.0 Å². The van der Waals surface area contributed by atoms with Gasteiger partial charge in [0.15, 0.2) is 0 Å². The summed E-state index contributed by atoms with van der Waals surface area (Å²) >= 11 is 0. The van der Waals surface area contributed by atoms with Gasteiger partial charge in [-0.3, -0.25) is 9.69 Å². The molecule has 76 valence electrons. The summed E-state index contributed by atoms with van der Waals surface area (Å²) in [5, 5.41) is 3.12. The molecule has 0 aliphatic carbocycles. The zero-order chi connectivity index (χ0) is 9.84. The zero-order valence-electron chi connectivity index (χ0n) is 8.71. The number of carbonyl (C=O) groups is 1. The SMILES string of the molecule is CNCC(C)N1CCN(C)C(=O)C1. The number of amides is 1. The second-order valence-electron chi connectivity index (χ2n) is 3.69. The van der Waals surface area contributed by atoms with E-state index in [2.05, 4.69) is 17.1 Å². The monoisotopic (exact) mass is 185 g/mol. The lowest BCUT2D eigenvalue weighted by molar-refractivity contribution is -0.135. The first-order chi connectivity index (χ1) is 6.15. The first-order valence-corrected chi connectivity index (χ1v) is 4.77. The van der Waals surface area contributed by atoms with Gasteiger partial charge >= 0.3 is 0 Å². The molecule has 1 fully saturated rings. The van der Waals surface area contributed by atoms with E-state index in [1.807, 2.05) is 14.1 Å². The fraction of sp³-hybridized carbons (Fsp3) is 0.889. The van der Waals surface area contributed by atoms with Crippen molar-refractivity contribution in [3.05, 3.63) is 0 Å². The fourth-order valence-electron chi connectivity index (χ4n) is 1.58. The molecule has 0 aromatic carbocycles.